The number of nitrogens with zero attached hydrogens (tertiary/aromatic N) is 1. The monoisotopic (exact) mass is 501 g/mol. The van der Waals surface area contributed by atoms with E-state index < -0.39 is 32.5 Å². The fourth-order valence-corrected chi connectivity index (χ4v) is 6.10. The zero-order chi connectivity index (χ0) is 24.4. The molecule has 1 fully saturated rings. The van der Waals surface area contributed by atoms with Crippen molar-refractivity contribution in [3.05, 3.63) is 12.2 Å². The molecule has 2 heterocycles. The number of thiocarbonyl (C=S) groups is 1. The molecule has 1 saturated heterocycles. The van der Waals surface area contributed by atoms with E-state index in [4.69, 9.17) is 26.1 Å². The van der Waals surface area contributed by atoms with Crippen LogP contribution in [0.15, 0.2) is 12.2 Å². The van der Waals surface area contributed by atoms with Crippen LogP contribution in [0.4, 0.5) is 0 Å². The number of esters is 1. The Morgan fingerprint density at radius 3 is 2.44 bits per heavy atom. The van der Waals surface area contributed by atoms with Gasteiger partial charge in [-0.25, -0.2) is 0 Å². The fraction of sp³-hybridized carbons (Fsp3) is 0.783. The van der Waals surface area contributed by atoms with Crippen LogP contribution in [0, 0.1) is 11.8 Å². The van der Waals surface area contributed by atoms with Crippen LogP contribution in [0.3, 0.4) is 0 Å². The summed E-state index contributed by atoms with van der Waals surface area (Å²) < 4.78 is 18.8. The standard InChI is InChI=1S/C23H39NO5S2Si/c1-14(2)17-13-31-22(30)24(17)21(26)15(3)18-10-11-19(28-16(4)25)20(29-18)12-27-32(8,9)23(5,6)7/h10-11,14-15,17-20H,12-13H2,1-9H3/t15-,17-,18-,19-,20+/m0/s1. The van der Waals surface area contributed by atoms with Crippen LogP contribution in [0.25, 0.3) is 0 Å². The number of thioether (sulfide) groups is 1. The van der Waals surface area contributed by atoms with Crippen molar-refractivity contribution in [2.75, 3.05) is 12.4 Å². The lowest BCUT2D eigenvalue weighted by molar-refractivity contribution is -0.161. The molecule has 32 heavy (non-hydrogen) atoms. The smallest absolute Gasteiger partial charge is 0.303 e. The zero-order valence-electron chi connectivity index (χ0n) is 20.8. The van der Waals surface area contributed by atoms with E-state index in [1.807, 2.05) is 19.1 Å². The highest BCUT2D eigenvalue weighted by Crippen LogP contribution is 2.37. The van der Waals surface area contributed by atoms with Crippen molar-refractivity contribution < 1.29 is 23.5 Å². The van der Waals surface area contributed by atoms with Gasteiger partial charge in [0.2, 0.25) is 5.91 Å². The molecule has 0 spiro atoms. The predicted octanol–water partition coefficient (Wildman–Crippen LogP) is 4.78. The first-order valence-electron chi connectivity index (χ1n) is 11.3. The van der Waals surface area contributed by atoms with E-state index in [1.54, 1.807) is 16.7 Å². The minimum absolute atomic E-state index is 0.0247. The molecule has 0 aromatic rings. The summed E-state index contributed by atoms with van der Waals surface area (Å²) in [5, 5.41) is 0.0477. The summed E-state index contributed by atoms with van der Waals surface area (Å²) >= 11 is 7.04. The Hall–Kier alpha value is -0.743. The van der Waals surface area contributed by atoms with Crippen molar-refractivity contribution in [2.24, 2.45) is 11.8 Å². The summed E-state index contributed by atoms with van der Waals surface area (Å²) in [5.41, 5.74) is 0. The molecule has 2 aliphatic rings. The molecule has 0 aromatic heterocycles. The molecule has 1 amide bonds. The molecule has 0 aliphatic carbocycles. The van der Waals surface area contributed by atoms with Crippen LogP contribution in [0.1, 0.15) is 48.5 Å². The maximum absolute atomic E-state index is 13.4. The van der Waals surface area contributed by atoms with Gasteiger partial charge in [-0.3, -0.25) is 14.5 Å². The second-order valence-corrected chi connectivity index (χ2v) is 17.0. The third kappa shape index (κ3) is 6.43. The van der Waals surface area contributed by atoms with Crippen molar-refractivity contribution in [3.8, 4) is 0 Å². The minimum Gasteiger partial charge on any atom is -0.455 e. The molecule has 0 saturated carbocycles. The maximum atomic E-state index is 13.4. The Morgan fingerprint density at radius 2 is 1.91 bits per heavy atom. The third-order valence-electron chi connectivity index (χ3n) is 6.70. The first-order chi connectivity index (χ1) is 14.7. The number of hydrogen-bond donors (Lipinski definition) is 0. The average Bonchev–Trinajstić information content (AvgIpc) is 3.06. The first kappa shape index (κ1) is 27.5. The van der Waals surface area contributed by atoms with Gasteiger partial charge in [0, 0.05) is 18.7 Å². The zero-order valence-corrected chi connectivity index (χ0v) is 23.5. The molecule has 9 heteroatoms. The summed E-state index contributed by atoms with van der Waals surface area (Å²) in [6, 6.07) is 0.0986. The molecule has 6 nitrogen and oxygen atoms in total. The summed E-state index contributed by atoms with van der Waals surface area (Å²) in [5.74, 6) is 0.331. The number of carbonyl (C=O) groups excluding carboxylic acids is 2. The van der Waals surface area contributed by atoms with E-state index in [1.165, 1.54) is 6.92 Å². The van der Waals surface area contributed by atoms with Gasteiger partial charge in [0.15, 0.2) is 8.32 Å². The molecular formula is C23H39NO5S2Si. The lowest BCUT2D eigenvalue weighted by atomic mass is 9.96. The molecule has 0 aromatic carbocycles. The molecule has 2 aliphatic heterocycles. The molecular weight excluding hydrogens is 462 g/mol. The van der Waals surface area contributed by atoms with Gasteiger partial charge < -0.3 is 13.9 Å². The average molecular weight is 502 g/mol. The van der Waals surface area contributed by atoms with Crippen molar-refractivity contribution in [3.63, 3.8) is 0 Å². The predicted molar refractivity (Wildman–Crippen MR) is 136 cm³/mol. The molecule has 5 atom stereocenters. The molecule has 182 valence electrons. The summed E-state index contributed by atoms with van der Waals surface area (Å²) in [4.78, 5) is 26.8. The lowest BCUT2D eigenvalue weighted by Gasteiger charge is -2.40. The first-order valence-corrected chi connectivity index (χ1v) is 15.6. The van der Waals surface area contributed by atoms with Crippen LogP contribution in [0.2, 0.25) is 18.1 Å². The molecule has 0 bridgehead atoms. The van der Waals surface area contributed by atoms with Gasteiger partial charge in [0.1, 0.15) is 16.5 Å². The molecule has 2 rings (SSSR count). The summed E-state index contributed by atoms with van der Waals surface area (Å²) in [6.07, 6.45) is 2.20. The van der Waals surface area contributed by atoms with E-state index in [-0.39, 0.29) is 23.0 Å². The van der Waals surface area contributed by atoms with Gasteiger partial charge >= 0.3 is 5.97 Å². The number of carbonyl (C=O) groups is 2. The highest BCUT2D eigenvalue weighted by Gasteiger charge is 2.43. The number of hydrogen-bond acceptors (Lipinski definition) is 7. The van der Waals surface area contributed by atoms with Gasteiger partial charge in [-0.2, -0.15) is 0 Å². The van der Waals surface area contributed by atoms with Crippen LogP contribution >= 0.6 is 24.0 Å². The van der Waals surface area contributed by atoms with Crippen molar-refractivity contribution in [1.29, 1.82) is 0 Å². The van der Waals surface area contributed by atoms with Crippen LogP contribution in [0.5, 0.6) is 0 Å². The maximum Gasteiger partial charge on any atom is 0.303 e. The number of rotatable bonds is 7. The van der Waals surface area contributed by atoms with Gasteiger partial charge in [0.25, 0.3) is 0 Å². The van der Waals surface area contributed by atoms with E-state index in [2.05, 4.69) is 47.7 Å². The Balaban J connectivity index is 2.17. The Bertz CT molecular complexity index is 749. The van der Waals surface area contributed by atoms with Crippen LogP contribution in [-0.2, 0) is 23.5 Å². The van der Waals surface area contributed by atoms with Gasteiger partial charge in [-0.1, -0.05) is 71.6 Å². The van der Waals surface area contributed by atoms with Gasteiger partial charge in [-0.15, -0.1) is 0 Å². The highest BCUT2D eigenvalue weighted by atomic mass is 32.2. The number of ether oxygens (including phenoxy) is 2. The highest BCUT2D eigenvalue weighted by molar-refractivity contribution is 8.23. The van der Waals surface area contributed by atoms with E-state index in [0.29, 0.717) is 16.8 Å². The minimum atomic E-state index is -2.02. The molecule has 0 N–H and O–H groups in total. The Morgan fingerprint density at radius 1 is 1.28 bits per heavy atom. The normalized spacial score (nSPS) is 27.7. The van der Waals surface area contributed by atoms with Crippen molar-refractivity contribution in [1.82, 2.24) is 4.90 Å². The summed E-state index contributed by atoms with van der Waals surface area (Å²) in [6.45, 7) is 18.7. The van der Waals surface area contributed by atoms with Crippen molar-refractivity contribution >= 4 is 48.5 Å². The Labute approximate surface area is 203 Å². The quantitative estimate of drug-likeness (QED) is 0.215. The van der Waals surface area contributed by atoms with E-state index >= 15 is 0 Å². The van der Waals surface area contributed by atoms with Crippen molar-refractivity contribution in [2.45, 2.75) is 91.0 Å². The van der Waals surface area contributed by atoms with E-state index in [9.17, 15) is 9.59 Å². The summed E-state index contributed by atoms with van der Waals surface area (Å²) in [7, 11) is -2.02. The number of amides is 1. The molecule has 0 radical (unpaired) electrons. The van der Waals surface area contributed by atoms with Gasteiger partial charge in [0.05, 0.1) is 18.6 Å². The van der Waals surface area contributed by atoms with E-state index in [0.717, 1.165) is 5.75 Å². The largest absolute Gasteiger partial charge is 0.455 e. The lowest BCUT2D eigenvalue weighted by Crippen LogP contribution is -2.51. The van der Waals surface area contributed by atoms with Crippen LogP contribution in [-0.4, -0.2) is 66.1 Å². The SMILES string of the molecule is CC(=O)O[C@H]1C=C[C@@H]([C@H](C)C(=O)N2C(=S)SC[C@H]2C(C)C)O[C@@H]1CO[Si](C)(C)C(C)(C)C. The molecule has 0 unspecified atom stereocenters. The second kappa shape index (κ2) is 10.7. The van der Waals surface area contributed by atoms with Gasteiger partial charge in [-0.05, 0) is 30.1 Å². The topological polar surface area (TPSA) is 65.1 Å². The van der Waals surface area contributed by atoms with Crippen LogP contribution < -0.4 is 0 Å². The Kier molecular flexibility index (Phi) is 9.17. The fourth-order valence-electron chi connectivity index (χ4n) is 3.44. The third-order valence-corrected chi connectivity index (χ3v) is 12.7. The second-order valence-electron chi connectivity index (χ2n) is 10.6.